The van der Waals surface area contributed by atoms with E-state index in [2.05, 4.69) is 35.0 Å². The van der Waals surface area contributed by atoms with Crippen LogP contribution in [-0.4, -0.2) is 67.7 Å². The van der Waals surface area contributed by atoms with E-state index in [4.69, 9.17) is 4.74 Å². The number of nitrogens with zero attached hydrogens (tertiary/aromatic N) is 1. The van der Waals surface area contributed by atoms with Crippen LogP contribution >= 0.6 is 0 Å². The zero-order valence-corrected chi connectivity index (χ0v) is 24.4. The van der Waals surface area contributed by atoms with Crippen molar-refractivity contribution in [2.75, 3.05) is 32.7 Å². The largest absolute Gasteiger partial charge is 0.427 e. The van der Waals surface area contributed by atoms with Gasteiger partial charge in [0.25, 0.3) is 0 Å². The molecule has 2 aromatic rings. The van der Waals surface area contributed by atoms with Gasteiger partial charge in [0, 0.05) is 45.9 Å². The molecule has 10 heteroatoms. The Hall–Kier alpha value is -4.21. The molecule has 10 nitrogen and oxygen atoms in total. The summed E-state index contributed by atoms with van der Waals surface area (Å²) < 4.78 is 4.88. The predicted octanol–water partition coefficient (Wildman–Crippen LogP) is 2.93. The second-order valence-corrected chi connectivity index (χ2v) is 9.43. The monoisotopic (exact) mass is 568 g/mol. The zero-order valence-electron chi connectivity index (χ0n) is 24.4. The molecule has 0 aliphatic carbocycles. The van der Waals surface area contributed by atoms with Crippen LogP contribution in [0, 0.1) is 6.92 Å². The van der Waals surface area contributed by atoms with Crippen LogP contribution in [0.25, 0.3) is 0 Å². The highest BCUT2D eigenvalue weighted by atomic mass is 16.5. The molecule has 224 valence electrons. The first kappa shape index (κ1) is 34.8. The second-order valence-electron chi connectivity index (χ2n) is 9.43. The molecule has 1 fully saturated rings. The van der Waals surface area contributed by atoms with E-state index in [1.165, 1.54) is 12.5 Å². The molecule has 1 aliphatic rings. The molecule has 41 heavy (non-hydrogen) atoms. The quantitative estimate of drug-likeness (QED) is 0.156. The first-order chi connectivity index (χ1) is 19.7. The van der Waals surface area contributed by atoms with Crippen molar-refractivity contribution in [2.24, 2.45) is 0 Å². The fraction of sp³-hybridized carbons (Fsp3) is 0.452. The molecule has 3 rings (SSSR count). The molecule has 3 N–H and O–H groups in total. The highest BCUT2D eigenvalue weighted by Gasteiger charge is 2.18. The van der Waals surface area contributed by atoms with Crippen molar-refractivity contribution in [1.82, 2.24) is 20.9 Å². The number of aryl methyl sites for hydroxylation is 1. The van der Waals surface area contributed by atoms with Gasteiger partial charge in [0.15, 0.2) is 0 Å². The summed E-state index contributed by atoms with van der Waals surface area (Å²) in [6.45, 7) is 8.26. The summed E-state index contributed by atoms with van der Waals surface area (Å²) in [5.41, 5.74) is 2.41. The van der Waals surface area contributed by atoms with Gasteiger partial charge in [0.2, 0.25) is 24.1 Å². The van der Waals surface area contributed by atoms with Gasteiger partial charge in [0.1, 0.15) is 5.75 Å². The fourth-order valence-electron chi connectivity index (χ4n) is 3.62. The van der Waals surface area contributed by atoms with E-state index in [0.717, 1.165) is 44.3 Å². The number of benzene rings is 2. The SMILES string of the molecule is CC(=O)Oc1ccc(CCNC=O)cc1.CCCNC(=O)CCC(=O)NCC(=O)N1CCCC1.Cc1ccccc1. The standard InChI is InChI=1S/C13H23N3O3.C11H13NO3.C7H8/c1-2-7-14-11(17)5-6-12(18)15-10-13(19)16-8-3-4-9-16;1-9(14)15-11-4-2-10(3-5-11)6-7-12-8-13;1-7-5-3-2-4-6-7/h2-10H2,1H3,(H,14,17)(H,15,18);2-5,8H,6-7H2,1H3,(H,12,13);2-6H,1H3. The number of likely N-dealkylation sites (tertiary alicyclic amines) is 1. The van der Waals surface area contributed by atoms with Gasteiger partial charge in [-0.05, 0) is 50.3 Å². The first-order valence-corrected chi connectivity index (χ1v) is 14.0. The van der Waals surface area contributed by atoms with E-state index in [9.17, 15) is 24.0 Å². The van der Waals surface area contributed by atoms with E-state index in [0.29, 0.717) is 25.2 Å². The van der Waals surface area contributed by atoms with E-state index in [1.54, 1.807) is 17.0 Å². The lowest BCUT2D eigenvalue weighted by Crippen LogP contribution is -2.39. The van der Waals surface area contributed by atoms with Crippen molar-refractivity contribution in [3.63, 3.8) is 0 Å². The van der Waals surface area contributed by atoms with E-state index < -0.39 is 0 Å². The lowest BCUT2D eigenvalue weighted by atomic mass is 10.1. The van der Waals surface area contributed by atoms with Crippen LogP contribution in [0.5, 0.6) is 5.75 Å². The van der Waals surface area contributed by atoms with Crippen molar-refractivity contribution in [3.8, 4) is 5.75 Å². The van der Waals surface area contributed by atoms with Gasteiger partial charge < -0.3 is 25.6 Å². The number of rotatable bonds is 12. The summed E-state index contributed by atoms with van der Waals surface area (Å²) in [4.78, 5) is 56.8. The Balaban J connectivity index is 0.000000338. The molecule has 0 unspecified atom stereocenters. The van der Waals surface area contributed by atoms with Crippen LogP contribution in [0.1, 0.15) is 57.1 Å². The third-order valence-corrected chi connectivity index (χ3v) is 5.81. The van der Waals surface area contributed by atoms with Gasteiger partial charge in [-0.15, -0.1) is 0 Å². The van der Waals surface area contributed by atoms with Gasteiger partial charge >= 0.3 is 5.97 Å². The molecule has 1 saturated heterocycles. The summed E-state index contributed by atoms with van der Waals surface area (Å²) in [5.74, 6) is -0.205. The summed E-state index contributed by atoms with van der Waals surface area (Å²) in [7, 11) is 0. The third kappa shape index (κ3) is 17.9. The van der Waals surface area contributed by atoms with Crippen molar-refractivity contribution >= 4 is 30.1 Å². The number of carbonyl (C=O) groups excluding carboxylic acids is 5. The van der Waals surface area contributed by atoms with Crippen LogP contribution in [0.15, 0.2) is 54.6 Å². The first-order valence-electron chi connectivity index (χ1n) is 14.0. The Bertz CT molecular complexity index is 1050. The summed E-state index contributed by atoms with van der Waals surface area (Å²) in [5, 5.41) is 7.84. The minimum absolute atomic E-state index is 0.0371. The van der Waals surface area contributed by atoms with Crippen molar-refractivity contribution in [1.29, 1.82) is 0 Å². The summed E-state index contributed by atoms with van der Waals surface area (Å²) in [6.07, 6.45) is 4.69. The molecular weight excluding hydrogens is 524 g/mol. The maximum Gasteiger partial charge on any atom is 0.308 e. The maximum atomic E-state index is 11.7. The fourth-order valence-corrected chi connectivity index (χ4v) is 3.62. The van der Waals surface area contributed by atoms with Crippen molar-refractivity contribution in [2.45, 2.75) is 59.3 Å². The van der Waals surface area contributed by atoms with Gasteiger partial charge in [-0.2, -0.15) is 0 Å². The Morgan fingerprint density at radius 1 is 0.878 bits per heavy atom. The van der Waals surface area contributed by atoms with Crippen molar-refractivity contribution < 1.29 is 28.7 Å². The maximum absolute atomic E-state index is 11.7. The normalized spacial score (nSPS) is 11.5. The molecule has 0 spiro atoms. The predicted molar refractivity (Wildman–Crippen MR) is 158 cm³/mol. The van der Waals surface area contributed by atoms with Gasteiger partial charge in [0.05, 0.1) is 6.54 Å². The van der Waals surface area contributed by atoms with Gasteiger partial charge in [-0.1, -0.05) is 55.0 Å². The molecule has 0 saturated carbocycles. The van der Waals surface area contributed by atoms with E-state index in [1.807, 2.05) is 37.3 Å². The number of ether oxygens (including phenoxy) is 1. The van der Waals surface area contributed by atoms with Crippen LogP contribution in [0.4, 0.5) is 0 Å². The molecule has 1 heterocycles. The number of nitrogens with one attached hydrogen (secondary N) is 3. The van der Waals surface area contributed by atoms with Crippen molar-refractivity contribution in [3.05, 3.63) is 65.7 Å². The Morgan fingerprint density at radius 3 is 2.00 bits per heavy atom. The zero-order chi connectivity index (χ0) is 30.3. The molecule has 0 bridgehead atoms. The average Bonchev–Trinajstić information content (AvgIpc) is 3.51. The molecule has 0 radical (unpaired) electrons. The smallest absolute Gasteiger partial charge is 0.308 e. The Labute approximate surface area is 243 Å². The summed E-state index contributed by atoms with van der Waals surface area (Å²) in [6, 6.07) is 17.5. The Kier molecular flexibility index (Phi) is 18.3. The van der Waals surface area contributed by atoms with Crippen LogP contribution < -0.4 is 20.7 Å². The molecular formula is C31H44N4O6. The third-order valence-electron chi connectivity index (χ3n) is 5.81. The lowest BCUT2D eigenvalue weighted by molar-refractivity contribution is -0.132. The summed E-state index contributed by atoms with van der Waals surface area (Å²) >= 11 is 0. The molecule has 0 aromatic heterocycles. The molecule has 1 aliphatic heterocycles. The number of amides is 4. The van der Waals surface area contributed by atoms with E-state index >= 15 is 0 Å². The van der Waals surface area contributed by atoms with E-state index in [-0.39, 0.29) is 43.1 Å². The highest BCUT2D eigenvalue weighted by molar-refractivity contribution is 5.87. The highest BCUT2D eigenvalue weighted by Crippen LogP contribution is 2.12. The average molecular weight is 569 g/mol. The number of hydrogen-bond donors (Lipinski definition) is 3. The van der Waals surface area contributed by atoms with Gasteiger partial charge in [-0.25, -0.2) is 0 Å². The van der Waals surface area contributed by atoms with Crippen LogP contribution in [-0.2, 0) is 30.4 Å². The number of hydrogen-bond acceptors (Lipinski definition) is 6. The second kappa shape index (κ2) is 21.6. The minimum atomic E-state index is -0.328. The Morgan fingerprint density at radius 2 is 1.49 bits per heavy atom. The molecule has 4 amide bonds. The minimum Gasteiger partial charge on any atom is -0.427 e. The van der Waals surface area contributed by atoms with Crippen LogP contribution in [0.2, 0.25) is 0 Å². The number of carbonyl (C=O) groups is 5. The lowest BCUT2D eigenvalue weighted by Gasteiger charge is -2.15. The van der Waals surface area contributed by atoms with Gasteiger partial charge in [-0.3, -0.25) is 24.0 Å². The topological polar surface area (TPSA) is 134 Å². The number of esters is 1. The molecule has 2 aromatic carbocycles. The molecule has 0 atom stereocenters. The van der Waals surface area contributed by atoms with Crippen LogP contribution in [0.3, 0.4) is 0 Å².